The van der Waals surface area contributed by atoms with Gasteiger partial charge in [-0.2, -0.15) is 5.26 Å². The normalized spacial score (nSPS) is 16.3. The molecule has 1 amide bonds. The Kier molecular flexibility index (Phi) is 6.64. The number of hydrogen-bond donors (Lipinski definition) is 2. The molecule has 1 aromatic carbocycles. The van der Waals surface area contributed by atoms with Crippen LogP contribution in [0.25, 0.3) is 0 Å². The maximum atomic E-state index is 14.4. The van der Waals surface area contributed by atoms with E-state index in [1.54, 1.807) is 25.1 Å². The molecule has 0 aliphatic carbocycles. The topological polar surface area (TPSA) is 87.0 Å². The Morgan fingerprint density at radius 3 is 2.88 bits per heavy atom. The Balaban J connectivity index is 0.00000243. The molecule has 1 aliphatic rings. The number of anilines is 1. The summed E-state index contributed by atoms with van der Waals surface area (Å²) in [6.07, 6.45) is -0.334. The van der Waals surface area contributed by atoms with Crippen LogP contribution in [0.2, 0.25) is 0 Å². The van der Waals surface area contributed by atoms with Crippen LogP contribution in [0.4, 0.5) is 10.1 Å². The number of benzene rings is 1. The Hall–Kier alpha value is -2.53. The van der Waals surface area contributed by atoms with Gasteiger partial charge in [0.1, 0.15) is 17.6 Å². The first-order chi connectivity index (χ1) is 12.1. The molecule has 1 fully saturated rings. The predicted molar refractivity (Wildman–Crippen MR) is 96.9 cm³/mol. The predicted octanol–water partition coefficient (Wildman–Crippen LogP) is 2.74. The lowest BCUT2D eigenvalue weighted by molar-refractivity contribution is 0.0255. The van der Waals surface area contributed by atoms with Crippen molar-refractivity contribution in [2.75, 3.05) is 25.0 Å². The first kappa shape index (κ1) is 19.8. The minimum atomic E-state index is -0.435. The van der Waals surface area contributed by atoms with Crippen LogP contribution in [0.1, 0.15) is 33.4 Å². The molecule has 0 bridgehead atoms. The van der Waals surface area contributed by atoms with E-state index in [2.05, 4.69) is 15.6 Å². The van der Waals surface area contributed by atoms with Gasteiger partial charge in [0.25, 0.3) is 5.91 Å². The van der Waals surface area contributed by atoms with E-state index in [4.69, 9.17) is 10.00 Å². The van der Waals surface area contributed by atoms with Crippen molar-refractivity contribution >= 4 is 24.0 Å². The van der Waals surface area contributed by atoms with Crippen LogP contribution < -0.4 is 10.6 Å². The smallest absolute Gasteiger partial charge is 0.255 e. The van der Waals surface area contributed by atoms with Gasteiger partial charge >= 0.3 is 0 Å². The zero-order chi connectivity index (χ0) is 17.8. The fourth-order valence-corrected chi connectivity index (χ4v) is 2.69. The fourth-order valence-electron chi connectivity index (χ4n) is 2.69. The van der Waals surface area contributed by atoms with Crippen molar-refractivity contribution in [1.82, 2.24) is 10.3 Å². The van der Waals surface area contributed by atoms with Crippen molar-refractivity contribution < 1.29 is 13.9 Å². The van der Waals surface area contributed by atoms with Gasteiger partial charge in [-0.05, 0) is 31.2 Å². The molecule has 2 heterocycles. The number of halogens is 2. The van der Waals surface area contributed by atoms with Crippen LogP contribution in [0.15, 0.2) is 30.3 Å². The lowest BCUT2D eigenvalue weighted by Crippen LogP contribution is -2.33. The van der Waals surface area contributed by atoms with Crippen LogP contribution in [0.5, 0.6) is 0 Å². The van der Waals surface area contributed by atoms with Gasteiger partial charge in [0, 0.05) is 35.6 Å². The number of nitriles is 1. The largest absolute Gasteiger partial charge is 0.371 e. The average Bonchev–Trinajstić information content (AvgIpc) is 2.62. The lowest BCUT2D eigenvalue weighted by Gasteiger charge is -2.24. The standard InChI is InChI=1S/C18H17FN4O2.ClH/c1-11-6-12(7-14(9-20)22-11)18(24)23-13-2-3-15(16(19)8-13)17-10-21-4-5-25-17;/h2-3,6-8,17,21H,4-5,10H2,1H3,(H,23,24);1H/t17-;/m1./s1. The number of nitrogens with zero attached hydrogens (tertiary/aromatic N) is 2. The van der Waals surface area contributed by atoms with E-state index in [1.165, 1.54) is 12.1 Å². The van der Waals surface area contributed by atoms with Gasteiger partial charge in [-0.15, -0.1) is 12.4 Å². The molecule has 0 radical (unpaired) electrons. The number of amides is 1. The third kappa shape index (κ3) is 4.55. The fraction of sp³-hybridized carbons (Fsp3) is 0.278. The van der Waals surface area contributed by atoms with Crippen molar-refractivity contribution in [1.29, 1.82) is 5.26 Å². The summed E-state index contributed by atoms with van der Waals surface area (Å²) in [6.45, 7) is 3.54. The summed E-state index contributed by atoms with van der Waals surface area (Å²) < 4.78 is 19.9. The Morgan fingerprint density at radius 2 is 2.23 bits per heavy atom. The highest BCUT2D eigenvalue weighted by atomic mass is 35.5. The van der Waals surface area contributed by atoms with Crippen LogP contribution >= 0.6 is 12.4 Å². The van der Waals surface area contributed by atoms with Crippen LogP contribution in [-0.2, 0) is 4.74 Å². The second kappa shape index (κ2) is 8.72. The number of pyridine rings is 1. The number of carbonyl (C=O) groups is 1. The molecule has 0 saturated carbocycles. The number of carbonyl (C=O) groups excluding carboxylic acids is 1. The molecule has 2 N–H and O–H groups in total. The van der Waals surface area contributed by atoms with Gasteiger partial charge in [-0.25, -0.2) is 9.37 Å². The number of aromatic nitrogens is 1. The van der Waals surface area contributed by atoms with Crippen molar-refractivity contribution in [2.45, 2.75) is 13.0 Å². The number of nitrogens with one attached hydrogen (secondary N) is 2. The van der Waals surface area contributed by atoms with Gasteiger partial charge in [-0.3, -0.25) is 4.79 Å². The SMILES string of the molecule is Cc1cc(C(=O)Nc2ccc([C@H]3CNCCO3)c(F)c2)cc(C#N)n1.Cl. The molecule has 136 valence electrons. The minimum Gasteiger partial charge on any atom is -0.371 e. The molecule has 1 aromatic heterocycles. The monoisotopic (exact) mass is 376 g/mol. The van der Waals surface area contributed by atoms with Gasteiger partial charge in [0.2, 0.25) is 0 Å². The zero-order valence-electron chi connectivity index (χ0n) is 14.1. The third-order valence-corrected chi connectivity index (χ3v) is 3.86. The second-order valence-corrected chi connectivity index (χ2v) is 5.75. The van der Waals surface area contributed by atoms with E-state index in [9.17, 15) is 9.18 Å². The van der Waals surface area contributed by atoms with E-state index in [0.29, 0.717) is 35.7 Å². The third-order valence-electron chi connectivity index (χ3n) is 3.86. The lowest BCUT2D eigenvalue weighted by atomic mass is 10.1. The highest BCUT2D eigenvalue weighted by molar-refractivity contribution is 6.04. The summed E-state index contributed by atoms with van der Waals surface area (Å²) in [5.41, 5.74) is 1.81. The van der Waals surface area contributed by atoms with E-state index < -0.39 is 11.7 Å². The van der Waals surface area contributed by atoms with E-state index in [1.807, 2.05) is 6.07 Å². The van der Waals surface area contributed by atoms with Gasteiger partial charge in [-0.1, -0.05) is 6.07 Å². The molecule has 6 nitrogen and oxygen atoms in total. The van der Waals surface area contributed by atoms with Crippen LogP contribution in [0, 0.1) is 24.1 Å². The van der Waals surface area contributed by atoms with Gasteiger partial charge in [0.05, 0.1) is 12.7 Å². The highest BCUT2D eigenvalue weighted by Gasteiger charge is 2.20. The van der Waals surface area contributed by atoms with E-state index in [0.717, 1.165) is 6.54 Å². The van der Waals surface area contributed by atoms with Crippen molar-refractivity contribution in [3.63, 3.8) is 0 Å². The first-order valence-electron chi connectivity index (χ1n) is 7.89. The molecule has 1 aliphatic heterocycles. The quantitative estimate of drug-likeness (QED) is 0.860. The molecule has 1 atom stereocenters. The number of morpholine rings is 1. The van der Waals surface area contributed by atoms with Crippen molar-refractivity contribution in [3.05, 3.63) is 58.7 Å². The number of rotatable bonds is 3. The molecule has 1 saturated heterocycles. The molecule has 3 rings (SSSR count). The Bertz CT molecular complexity index is 848. The maximum Gasteiger partial charge on any atom is 0.255 e. The van der Waals surface area contributed by atoms with Gasteiger partial charge < -0.3 is 15.4 Å². The van der Waals surface area contributed by atoms with Crippen molar-refractivity contribution in [2.24, 2.45) is 0 Å². The van der Waals surface area contributed by atoms with E-state index >= 15 is 0 Å². The summed E-state index contributed by atoms with van der Waals surface area (Å²) in [4.78, 5) is 16.3. The number of hydrogen-bond acceptors (Lipinski definition) is 5. The number of ether oxygens (including phenoxy) is 1. The maximum absolute atomic E-state index is 14.4. The second-order valence-electron chi connectivity index (χ2n) is 5.75. The summed E-state index contributed by atoms with van der Waals surface area (Å²) in [7, 11) is 0. The summed E-state index contributed by atoms with van der Waals surface area (Å²) in [5.74, 6) is -0.861. The Labute approximate surface area is 156 Å². The average molecular weight is 377 g/mol. The molecular formula is C18H18ClFN4O2. The Morgan fingerprint density at radius 1 is 1.42 bits per heavy atom. The number of aryl methyl sites for hydroxylation is 1. The van der Waals surface area contributed by atoms with Gasteiger partial charge in [0.15, 0.2) is 0 Å². The first-order valence-corrected chi connectivity index (χ1v) is 7.89. The summed E-state index contributed by atoms with van der Waals surface area (Å²) in [6, 6.07) is 9.39. The summed E-state index contributed by atoms with van der Waals surface area (Å²) in [5, 5.41) is 14.7. The molecule has 26 heavy (non-hydrogen) atoms. The van der Waals surface area contributed by atoms with E-state index in [-0.39, 0.29) is 24.2 Å². The summed E-state index contributed by atoms with van der Waals surface area (Å²) >= 11 is 0. The molecule has 8 heteroatoms. The molecule has 0 unspecified atom stereocenters. The molecule has 2 aromatic rings. The zero-order valence-corrected chi connectivity index (χ0v) is 14.9. The molecule has 0 spiro atoms. The highest BCUT2D eigenvalue weighted by Crippen LogP contribution is 2.24. The minimum absolute atomic E-state index is 0. The molecular weight excluding hydrogens is 359 g/mol. The van der Waals surface area contributed by atoms with Crippen molar-refractivity contribution in [3.8, 4) is 6.07 Å². The van der Waals surface area contributed by atoms with Crippen LogP contribution in [0.3, 0.4) is 0 Å². The van der Waals surface area contributed by atoms with Crippen LogP contribution in [-0.4, -0.2) is 30.6 Å².